The molecule has 2 rings (SSSR count). The van der Waals surface area contributed by atoms with Gasteiger partial charge in [-0.15, -0.1) is 0 Å². The molecule has 1 saturated heterocycles. The highest BCUT2D eigenvalue weighted by Crippen LogP contribution is 2.15. The molecule has 0 amide bonds. The SMILES string of the molecule is CCC.CCc1ccn(C2COC2)n1. The summed E-state index contributed by atoms with van der Waals surface area (Å²) >= 11 is 0. The predicted octanol–water partition coefficient (Wildman–Crippen LogP) is 2.43. The van der Waals surface area contributed by atoms with Crippen LogP contribution in [0.1, 0.15) is 38.9 Å². The van der Waals surface area contributed by atoms with E-state index in [0.29, 0.717) is 6.04 Å². The van der Waals surface area contributed by atoms with Crippen molar-refractivity contribution in [2.24, 2.45) is 0 Å². The van der Waals surface area contributed by atoms with Crippen LogP contribution in [0.2, 0.25) is 0 Å². The second-order valence-corrected chi connectivity index (χ2v) is 3.54. The molecule has 1 fully saturated rings. The van der Waals surface area contributed by atoms with Gasteiger partial charge in [0.2, 0.25) is 0 Å². The van der Waals surface area contributed by atoms with Crippen molar-refractivity contribution in [1.29, 1.82) is 0 Å². The maximum Gasteiger partial charge on any atom is 0.0985 e. The predicted molar refractivity (Wildman–Crippen MR) is 57.4 cm³/mol. The van der Waals surface area contributed by atoms with Gasteiger partial charge in [-0.2, -0.15) is 5.10 Å². The number of nitrogens with zero attached hydrogens (tertiary/aromatic N) is 2. The molecule has 0 unspecified atom stereocenters. The van der Waals surface area contributed by atoms with Crippen LogP contribution in [0.3, 0.4) is 0 Å². The third kappa shape index (κ3) is 2.84. The number of ether oxygens (including phenoxy) is 1. The summed E-state index contributed by atoms with van der Waals surface area (Å²) in [5.41, 5.74) is 1.16. The summed E-state index contributed by atoms with van der Waals surface area (Å²) in [6.45, 7) is 8.01. The topological polar surface area (TPSA) is 27.1 Å². The number of hydrogen-bond donors (Lipinski definition) is 0. The Morgan fingerprint density at radius 1 is 1.43 bits per heavy atom. The molecule has 0 saturated carbocycles. The van der Waals surface area contributed by atoms with Crippen LogP contribution in [0.4, 0.5) is 0 Å². The first-order valence-electron chi connectivity index (χ1n) is 5.43. The Bertz CT molecular complexity index is 254. The maximum atomic E-state index is 5.07. The Balaban J connectivity index is 0.000000293. The van der Waals surface area contributed by atoms with Crippen molar-refractivity contribution in [3.63, 3.8) is 0 Å². The first kappa shape index (κ1) is 11.2. The molecule has 0 radical (unpaired) electrons. The van der Waals surface area contributed by atoms with Crippen LogP contribution in [-0.2, 0) is 11.2 Å². The van der Waals surface area contributed by atoms with E-state index < -0.39 is 0 Å². The first-order chi connectivity index (χ1) is 6.81. The highest BCUT2D eigenvalue weighted by atomic mass is 16.5. The van der Waals surface area contributed by atoms with Gasteiger partial charge in [-0.3, -0.25) is 4.68 Å². The summed E-state index contributed by atoms with van der Waals surface area (Å²) < 4.78 is 7.07. The standard InChI is InChI=1S/C8H12N2O.C3H8/c1-2-7-3-4-10(9-7)8-5-11-6-8;1-3-2/h3-4,8H,2,5-6H2,1H3;3H2,1-2H3. The molecule has 0 aromatic carbocycles. The molecule has 0 atom stereocenters. The van der Waals surface area contributed by atoms with Crippen LogP contribution >= 0.6 is 0 Å². The van der Waals surface area contributed by atoms with E-state index >= 15 is 0 Å². The molecule has 80 valence electrons. The summed E-state index contributed by atoms with van der Waals surface area (Å²) in [4.78, 5) is 0. The Morgan fingerprint density at radius 3 is 2.43 bits per heavy atom. The highest BCUT2D eigenvalue weighted by molar-refractivity contribution is 4.99. The molecule has 0 aliphatic carbocycles. The summed E-state index contributed by atoms with van der Waals surface area (Å²) in [5.74, 6) is 0. The summed E-state index contributed by atoms with van der Waals surface area (Å²) in [7, 11) is 0. The number of aromatic nitrogens is 2. The van der Waals surface area contributed by atoms with Gasteiger partial charge in [0.05, 0.1) is 24.9 Å². The van der Waals surface area contributed by atoms with Gasteiger partial charge in [-0.1, -0.05) is 27.2 Å². The van der Waals surface area contributed by atoms with Gasteiger partial charge in [0.15, 0.2) is 0 Å². The van der Waals surface area contributed by atoms with Crippen LogP contribution in [-0.4, -0.2) is 23.0 Å². The molecule has 3 heteroatoms. The van der Waals surface area contributed by atoms with E-state index in [0.717, 1.165) is 25.3 Å². The van der Waals surface area contributed by atoms with Crippen LogP contribution in [0.25, 0.3) is 0 Å². The zero-order valence-electron chi connectivity index (χ0n) is 9.36. The summed E-state index contributed by atoms with van der Waals surface area (Å²) in [5, 5.41) is 4.39. The molecule has 14 heavy (non-hydrogen) atoms. The van der Waals surface area contributed by atoms with Crippen LogP contribution < -0.4 is 0 Å². The maximum absolute atomic E-state index is 5.07. The first-order valence-corrected chi connectivity index (χ1v) is 5.43. The second-order valence-electron chi connectivity index (χ2n) is 3.54. The highest BCUT2D eigenvalue weighted by Gasteiger charge is 2.20. The molecule has 1 aromatic rings. The minimum atomic E-state index is 0.496. The zero-order valence-corrected chi connectivity index (χ0v) is 9.36. The molecule has 0 spiro atoms. The summed E-state index contributed by atoms with van der Waals surface area (Å²) in [6.07, 6.45) is 4.30. The largest absolute Gasteiger partial charge is 0.377 e. The normalized spacial score (nSPS) is 15.6. The molecule has 0 N–H and O–H groups in total. The average molecular weight is 196 g/mol. The average Bonchev–Trinajstić information content (AvgIpc) is 2.51. The molecule has 1 aliphatic rings. The molecule has 2 heterocycles. The lowest BCUT2D eigenvalue weighted by Gasteiger charge is -2.25. The lowest BCUT2D eigenvalue weighted by molar-refractivity contribution is -0.0287. The Labute approximate surface area is 86.1 Å². The van der Waals surface area contributed by atoms with Crippen molar-refractivity contribution in [3.8, 4) is 0 Å². The Kier molecular flexibility index (Phi) is 4.66. The Hall–Kier alpha value is -0.830. The fourth-order valence-corrected chi connectivity index (χ4v) is 1.15. The fourth-order valence-electron chi connectivity index (χ4n) is 1.15. The number of rotatable bonds is 2. The number of aryl methyl sites for hydroxylation is 1. The molecule has 3 nitrogen and oxygen atoms in total. The van der Waals surface area contributed by atoms with Crippen LogP contribution in [0, 0.1) is 0 Å². The third-order valence-electron chi connectivity index (χ3n) is 2.02. The molecule has 1 aliphatic heterocycles. The van der Waals surface area contributed by atoms with Crippen molar-refractivity contribution in [2.45, 2.75) is 39.7 Å². The van der Waals surface area contributed by atoms with E-state index in [4.69, 9.17) is 4.74 Å². The van der Waals surface area contributed by atoms with Gasteiger partial charge in [-0.25, -0.2) is 0 Å². The molecule has 0 bridgehead atoms. The van der Waals surface area contributed by atoms with Crippen LogP contribution in [0.15, 0.2) is 12.3 Å². The molecule has 1 aromatic heterocycles. The summed E-state index contributed by atoms with van der Waals surface area (Å²) in [6, 6.07) is 2.56. The van der Waals surface area contributed by atoms with Gasteiger partial charge >= 0.3 is 0 Å². The lowest BCUT2D eigenvalue weighted by Crippen LogP contribution is -2.30. The smallest absolute Gasteiger partial charge is 0.0985 e. The molecular weight excluding hydrogens is 176 g/mol. The monoisotopic (exact) mass is 196 g/mol. The van der Waals surface area contributed by atoms with Gasteiger partial charge in [-0.05, 0) is 12.5 Å². The second kappa shape index (κ2) is 5.81. The van der Waals surface area contributed by atoms with E-state index in [2.05, 4.69) is 31.9 Å². The lowest BCUT2D eigenvalue weighted by atomic mass is 10.3. The minimum absolute atomic E-state index is 0.496. The van der Waals surface area contributed by atoms with Gasteiger partial charge in [0.25, 0.3) is 0 Å². The van der Waals surface area contributed by atoms with Gasteiger partial charge < -0.3 is 4.74 Å². The van der Waals surface area contributed by atoms with Crippen LogP contribution in [0.5, 0.6) is 0 Å². The van der Waals surface area contributed by atoms with E-state index in [1.54, 1.807) is 0 Å². The Morgan fingerprint density at radius 2 is 2.07 bits per heavy atom. The number of hydrogen-bond acceptors (Lipinski definition) is 2. The zero-order chi connectivity index (χ0) is 10.4. The van der Waals surface area contributed by atoms with Crippen molar-refractivity contribution in [2.75, 3.05) is 13.2 Å². The minimum Gasteiger partial charge on any atom is -0.377 e. The third-order valence-corrected chi connectivity index (χ3v) is 2.02. The van der Waals surface area contributed by atoms with E-state index in [1.807, 2.05) is 10.9 Å². The van der Waals surface area contributed by atoms with E-state index in [9.17, 15) is 0 Å². The van der Waals surface area contributed by atoms with Crippen molar-refractivity contribution in [3.05, 3.63) is 18.0 Å². The van der Waals surface area contributed by atoms with Gasteiger partial charge in [0, 0.05) is 6.20 Å². The van der Waals surface area contributed by atoms with E-state index in [-0.39, 0.29) is 0 Å². The fraction of sp³-hybridized carbons (Fsp3) is 0.727. The van der Waals surface area contributed by atoms with Crippen molar-refractivity contribution >= 4 is 0 Å². The van der Waals surface area contributed by atoms with E-state index in [1.165, 1.54) is 6.42 Å². The van der Waals surface area contributed by atoms with Crippen molar-refractivity contribution < 1.29 is 4.74 Å². The van der Waals surface area contributed by atoms with Crippen molar-refractivity contribution in [1.82, 2.24) is 9.78 Å². The quantitative estimate of drug-likeness (QED) is 0.726. The van der Waals surface area contributed by atoms with Gasteiger partial charge in [0.1, 0.15) is 0 Å². The molecular formula is C11H20N2O.